The summed E-state index contributed by atoms with van der Waals surface area (Å²) in [5.74, 6) is -0.0628. The average molecular weight is 512 g/mol. The Morgan fingerprint density at radius 3 is 2.47 bits per heavy atom. The number of hydrogen-bond acceptors (Lipinski definition) is 4. The lowest BCUT2D eigenvalue weighted by molar-refractivity contribution is -0.122. The number of amides is 1. The number of hydrogen-bond donors (Lipinski definition) is 4. The second kappa shape index (κ2) is 12.9. The first-order chi connectivity index (χ1) is 18.7. The third-order valence-corrected chi connectivity index (χ3v) is 7.83. The summed E-state index contributed by atoms with van der Waals surface area (Å²) < 4.78 is 0. The van der Waals surface area contributed by atoms with Crippen LogP contribution in [0, 0.1) is 0 Å². The number of carbonyl (C=O) groups excluding carboxylic acids is 1. The minimum Gasteiger partial charge on any atom is -0.384 e. The van der Waals surface area contributed by atoms with Crippen molar-refractivity contribution in [1.29, 1.82) is 0 Å². The number of carbonyl (C=O) groups is 1. The number of rotatable bonds is 13. The molecule has 5 rings (SSSR count). The molecule has 1 amide bonds. The van der Waals surface area contributed by atoms with Crippen LogP contribution in [-0.2, 0) is 24.1 Å². The van der Waals surface area contributed by atoms with Crippen molar-refractivity contribution in [2.45, 2.75) is 76.7 Å². The first-order valence-corrected chi connectivity index (χ1v) is 14.4. The van der Waals surface area contributed by atoms with Gasteiger partial charge in [0.2, 0.25) is 5.91 Å². The summed E-state index contributed by atoms with van der Waals surface area (Å²) in [5, 5.41) is 9.20. The molecule has 200 valence electrons. The van der Waals surface area contributed by atoms with Crippen molar-refractivity contribution >= 4 is 33.4 Å². The molecule has 0 bridgehead atoms. The van der Waals surface area contributed by atoms with E-state index in [-0.39, 0.29) is 5.91 Å². The monoisotopic (exact) mass is 511 g/mol. The Morgan fingerprint density at radius 2 is 1.61 bits per heavy atom. The molecule has 6 nitrogen and oxygen atoms in total. The Kier molecular flexibility index (Phi) is 8.92. The molecule has 2 aromatic carbocycles. The molecular weight excluding hydrogens is 470 g/mol. The third kappa shape index (κ3) is 6.36. The largest absolute Gasteiger partial charge is 0.384 e. The van der Waals surface area contributed by atoms with E-state index in [4.69, 9.17) is 10.7 Å². The molecule has 1 aliphatic carbocycles. The summed E-state index contributed by atoms with van der Waals surface area (Å²) in [6, 6.07) is 16.1. The van der Waals surface area contributed by atoms with Crippen LogP contribution in [0.5, 0.6) is 0 Å². The molecule has 6 heteroatoms. The number of aromatic nitrogens is 2. The predicted molar refractivity (Wildman–Crippen MR) is 158 cm³/mol. The van der Waals surface area contributed by atoms with E-state index in [1.54, 1.807) is 0 Å². The van der Waals surface area contributed by atoms with E-state index in [0.29, 0.717) is 13.0 Å². The standard InChI is InChI=1S/C32H41N5O/c33-27(21-23-22-36-28-16-8-5-13-24(23)28)32(38)35-20-12-4-2-1-3-11-19-34-31-25-14-6-9-17-29(25)37-30-18-10-7-15-26(30)31/h5-6,8-9,13-14,16-17,22,27,36H,1-4,7,10-12,15,18-21,33H2,(H,34,37)(H,35,38)/t27-/m0/s1. The van der Waals surface area contributed by atoms with Gasteiger partial charge in [0.1, 0.15) is 0 Å². The van der Waals surface area contributed by atoms with Crippen LogP contribution in [-0.4, -0.2) is 35.0 Å². The summed E-state index contributed by atoms with van der Waals surface area (Å²) in [6.45, 7) is 1.70. The zero-order valence-corrected chi connectivity index (χ0v) is 22.4. The SMILES string of the molecule is N[C@@H](Cc1c[nH]c2ccccc12)C(=O)NCCCCCCCCNc1c2c(nc3ccccc13)CCCC2. The molecule has 0 saturated heterocycles. The van der Waals surface area contributed by atoms with Crippen LogP contribution in [0.3, 0.4) is 0 Å². The number of anilines is 1. The highest BCUT2D eigenvalue weighted by molar-refractivity contribution is 5.93. The molecule has 1 atom stereocenters. The molecule has 0 saturated carbocycles. The molecule has 4 aromatic rings. The van der Waals surface area contributed by atoms with Crippen LogP contribution in [0.1, 0.15) is 68.2 Å². The van der Waals surface area contributed by atoms with Gasteiger partial charge in [0.15, 0.2) is 0 Å². The van der Waals surface area contributed by atoms with E-state index in [1.165, 1.54) is 60.9 Å². The molecule has 0 spiro atoms. The van der Waals surface area contributed by atoms with Crippen molar-refractivity contribution in [3.05, 3.63) is 71.5 Å². The van der Waals surface area contributed by atoms with E-state index < -0.39 is 6.04 Å². The quantitative estimate of drug-likeness (QED) is 0.165. The predicted octanol–water partition coefficient (Wildman–Crippen LogP) is 6.03. The number of aromatic amines is 1. The molecule has 2 heterocycles. The Morgan fingerprint density at radius 1 is 0.895 bits per heavy atom. The fourth-order valence-electron chi connectivity index (χ4n) is 5.72. The van der Waals surface area contributed by atoms with Gasteiger partial charge in [-0.2, -0.15) is 0 Å². The number of nitrogens with one attached hydrogen (secondary N) is 3. The molecule has 0 fully saturated rings. The van der Waals surface area contributed by atoms with E-state index >= 15 is 0 Å². The van der Waals surface area contributed by atoms with Gasteiger partial charge in [0.05, 0.1) is 11.6 Å². The number of nitrogens with two attached hydrogens (primary N) is 1. The van der Waals surface area contributed by atoms with Gasteiger partial charge < -0.3 is 21.4 Å². The number of fused-ring (bicyclic) bond motifs is 3. The van der Waals surface area contributed by atoms with Crippen molar-refractivity contribution in [1.82, 2.24) is 15.3 Å². The summed E-state index contributed by atoms with van der Waals surface area (Å²) in [4.78, 5) is 20.6. The zero-order chi connectivity index (χ0) is 26.2. The van der Waals surface area contributed by atoms with Crippen molar-refractivity contribution in [3.8, 4) is 0 Å². The Hall–Kier alpha value is -3.38. The third-order valence-electron chi connectivity index (χ3n) is 7.83. The first-order valence-electron chi connectivity index (χ1n) is 14.4. The number of nitrogens with zero attached hydrogens (tertiary/aromatic N) is 1. The molecule has 5 N–H and O–H groups in total. The van der Waals surface area contributed by atoms with Crippen LogP contribution >= 0.6 is 0 Å². The van der Waals surface area contributed by atoms with Crippen LogP contribution < -0.4 is 16.4 Å². The van der Waals surface area contributed by atoms with Gasteiger partial charge in [-0.1, -0.05) is 62.1 Å². The van der Waals surface area contributed by atoms with Crippen molar-refractivity contribution in [2.24, 2.45) is 5.73 Å². The Balaban J connectivity index is 0.958. The van der Waals surface area contributed by atoms with E-state index in [2.05, 4.69) is 45.9 Å². The van der Waals surface area contributed by atoms with Crippen molar-refractivity contribution in [2.75, 3.05) is 18.4 Å². The van der Waals surface area contributed by atoms with Gasteiger partial charge in [-0.25, -0.2) is 0 Å². The van der Waals surface area contributed by atoms with Gasteiger partial charge in [0, 0.05) is 47.0 Å². The number of unbranched alkanes of at least 4 members (excludes halogenated alkanes) is 5. The second-order valence-corrected chi connectivity index (χ2v) is 10.6. The minimum atomic E-state index is -0.523. The maximum Gasteiger partial charge on any atom is 0.237 e. The summed E-state index contributed by atoms with van der Waals surface area (Å²) in [5.41, 5.74) is 13.5. The molecular formula is C32H41N5O. The van der Waals surface area contributed by atoms with Gasteiger partial charge in [-0.05, 0) is 68.2 Å². The van der Waals surface area contributed by atoms with E-state index in [0.717, 1.165) is 54.2 Å². The normalized spacial score (nSPS) is 13.9. The molecule has 1 aliphatic rings. The van der Waals surface area contributed by atoms with Crippen LogP contribution in [0.15, 0.2) is 54.7 Å². The number of H-pyrrole nitrogens is 1. The lowest BCUT2D eigenvalue weighted by Crippen LogP contribution is -2.42. The highest BCUT2D eigenvalue weighted by Crippen LogP contribution is 2.33. The van der Waals surface area contributed by atoms with Crippen molar-refractivity contribution < 1.29 is 4.79 Å². The Bertz CT molecular complexity index is 1360. The molecule has 0 unspecified atom stereocenters. The fourth-order valence-corrected chi connectivity index (χ4v) is 5.72. The highest BCUT2D eigenvalue weighted by Gasteiger charge is 2.18. The summed E-state index contributed by atoms with van der Waals surface area (Å²) >= 11 is 0. The second-order valence-electron chi connectivity index (χ2n) is 10.6. The fraction of sp³-hybridized carbons (Fsp3) is 0.438. The van der Waals surface area contributed by atoms with Crippen LogP contribution in [0.4, 0.5) is 5.69 Å². The smallest absolute Gasteiger partial charge is 0.237 e. The lowest BCUT2D eigenvalue weighted by atomic mass is 9.92. The van der Waals surface area contributed by atoms with Gasteiger partial charge >= 0.3 is 0 Å². The number of benzene rings is 2. The first kappa shape index (κ1) is 26.2. The number of aryl methyl sites for hydroxylation is 1. The summed E-state index contributed by atoms with van der Waals surface area (Å²) in [7, 11) is 0. The van der Waals surface area contributed by atoms with E-state index in [1.807, 2.05) is 24.4 Å². The minimum absolute atomic E-state index is 0.0628. The number of para-hydroxylation sites is 2. The van der Waals surface area contributed by atoms with Gasteiger partial charge in [-0.15, -0.1) is 0 Å². The highest BCUT2D eigenvalue weighted by atomic mass is 16.2. The summed E-state index contributed by atoms with van der Waals surface area (Å²) in [6.07, 6.45) is 14.2. The van der Waals surface area contributed by atoms with Crippen LogP contribution in [0.2, 0.25) is 0 Å². The van der Waals surface area contributed by atoms with Crippen molar-refractivity contribution in [3.63, 3.8) is 0 Å². The maximum absolute atomic E-state index is 12.4. The molecule has 38 heavy (non-hydrogen) atoms. The Labute approximate surface area is 225 Å². The van der Waals surface area contributed by atoms with Gasteiger partial charge in [-0.3, -0.25) is 9.78 Å². The topological polar surface area (TPSA) is 95.8 Å². The zero-order valence-electron chi connectivity index (χ0n) is 22.4. The van der Waals surface area contributed by atoms with E-state index in [9.17, 15) is 4.79 Å². The molecule has 2 aromatic heterocycles. The molecule has 0 radical (unpaired) electrons. The lowest BCUT2D eigenvalue weighted by Gasteiger charge is -2.21. The molecule has 0 aliphatic heterocycles. The average Bonchev–Trinajstić information content (AvgIpc) is 3.36. The number of pyridine rings is 1. The van der Waals surface area contributed by atoms with Crippen LogP contribution in [0.25, 0.3) is 21.8 Å². The van der Waals surface area contributed by atoms with Gasteiger partial charge in [0.25, 0.3) is 0 Å². The maximum atomic E-state index is 12.4.